The van der Waals surface area contributed by atoms with Gasteiger partial charge in [0, 0.05) is 24.7 Å². The second-order valence-electron chi connectivity index (χ2n) is 16.2. The van der Waals surface area contributed by atoms with E-state index in [1.165, 1.54) is 38.5 Å². The van der Waals surface area contributed by atoms with Crippen molar-refractivity contribution in [2.75, 3.05) is 6.61 Å². The van der Waals surface area contributed by atoms with Crippen molar-refractivity contribution in [3.63, 3.8) is 0 Å². The maximum atomic E-state index is 11.9. The fourth-order valence-corrected chi connectivity index (χ4v) is 11.3. The molecule has 0 saturated heterocycles. The Bertz CT molecular complexity index is 1020. The molecule has 4 nitrogen and oxygen atoms in total. The minimum absolute atomic E-state index is 0.000573. The lowest BCUT2D eigenvalue weighted by atomic mass is 9.32. The highest BCUT2D eigenvalue weighted by Gasteiger charge is 2.69. The van der Waals surface area contributed by atoms with E-state index >= 15 is 0 Å². The van der Waals surface area contributed by atoms with Gasteiger partial charge in [-0.1, -0.05) is 60.1 Å². The zero-order chi connectivity index (χ0) is 27.9. The van der Waals surface area contributed by atoms with Gasteiger partial charge in [0.1, 0.15) is 12.7 Å². The number of hydrogen-bond donors (Lipinski definition) is 0. The Balaban J connectivity index is 1.51. The van der Waals surface area contributed by atoms with Crippen molar-refractivity contribution in [1.82, 2.24) is 0 Å². The van der Waals surface area contributed by atoms with Crippen LogP contribution >= 0.6 is 0 Å². The molecule has 5 rings (SSSR count). The molecule has 0 unspecified atom stereocenters. The van der Waals surface area contributed by atoms with Crippen LogP contribution in [-0.2, 0) is 19.1 Å². The van der Waals surface area contributed by atoms with Crippen LogP contribution in [0.1, 0.15) is 127 Å². The van der Waals surface area contributed by atoms with Gasteiger partial charge in [0.25, 0.3) is 0 Å². The van der Waals surface area contributed by atoms with Crippen LogP contribution in [-0.4, -0.2) is 24.6 Å². The topological polar surface area (TPSA) is 52.6 Å². The number of esters is 2. The van der Waals surface area contributed by atoms with Crippen molar-refractivity contribution in [1.29, 1.82) is 0 Å². The predicted octanol–water partition coefficient (Wildman–Crippen LogP) is 8.28. The number of carbonyl (C=O) groups is 2. The summed E-state index contributed by atoms with van der Waals surface area (Å²) in [6.07, 6.45) is 14.5. The zero-order valence-corrected chi connectivity index (χ0v) is 25.8. The zero-order valence-electron chi connectivity index (χ0n) is 25.8. The molecule has 5 aliphatic rings. The summed E-state index contributed by atoms with van der Waals surface area (Å²) in [5, 5.41) is 0. The summed E-state index contributed by atoms with van der Waals surface area (Å²) in [6.45, 7) is 21.1. The Morgan fingerprint density at radius 1 is 0.763 bits per heavy atom. The first-order valence-corrected chi connectivity index (χ1v) is 15.5. The number of rotatable bonds is 3. The van der Waals surface area contributed by atoms with Crippen LogP contribution < -0.4 is 0 Å². The number of hydrogen-bond acceptors (Lipinski definition) is 4. The monoisotopic (exact) mass is 526 g/mol. The summed E-state index contributed by atoms with van der Waals surface area (Å²) >= 11 is 0. The van der Waals surface area contributed by atoms with Crippen molar-refractivity contribution in [3.8, 4) is 0 Å². The summed E-state index contributed by atoms with van der Waals surface area (Å²) in [4.78, 5) is 23.8. The second-order valence-corrected chi connectivity index (χ2v) is 16.2. The van der Waals surface area contributed by atoms with Gasteiger partial charge in [0.15, 0.2) is 0 Å². The van der Waals surface area contributed by atoms with Crippen molar-refractivity contribution >= 4 is 11.9 Å². The maximum absolute atomic E-state index is 11.9. The van der Waals surface area contributed by atoms with Gasteiger partial charge < -0.3 is 9.47 Å². The molecule has 0 heterocycles. The summed E-state index contributed by atoms with van der Waals surface area (Å²) in [7, 11) is 0. The Labute approximate surface area is 232 Å². The standard InChI is InChI=1S/C34H54O4/c1-22(35)37-21-34-18-16-29(3,4)20-25(34)24-10-11-27-31(7)14-13-28(38-23(2)36)30(5,6)26(31)12-15-33(27,9)32(24,8)17-19-34/h20,24,26-28H,10-19,21H2,1-9H3/t24-,26+,27-,28+,31+,32-,33-,34-/m1/s1. The summed E-state index contributed by atoms with van der Waals surface area (Å²) < 4.78 is 11.7. The van der Waals surface area contributed by atoms with Gasteiger partial charge in [0.05, 0.1) is 0 Å². The normalized spacial score (nSPS) is 46.8. The average Bonchev–Trinajstić information content (AvgIpc) is 2.80. The van der Waals surface area contributed by atoms with Gasteiger partial charge in [0.2, 0.25) is 0 Å². The lowest BCUT2D eigenvalue weighted by molar-refractivity contribution is -0.234. The van der Waals surface area contributed by atoms with Gasteiger partial charge >= 0.3 is 11.9 Å². The lowest BCUT2D eigenvalue weighted by Crippen LogP contribution is -2.66. The highest BCUT2D eigenvalue weighted by atomic mass is 16.5. The first-order valence-electron chi connectivity index (χ1n) is 15.5. The first-order chi connectivity index (χ1) is 17.5. The Hall–Kier alpha value is -1.32. The molecule has 0 aromatic heterocycles. The van der Waals surface area contributed by atoms with E-state index in [0.717, 1.165) is 25.7 Å². The lowest BCUT2D eigenvalue weighted by Gasteiger charge is -2.72. The van der Waals surface area contributed by atoms with Crippen LogP contribution in [0.5, 0.6) is 0 Å². The van der Waals surface area contributed by atoms with Gasteiger partial charge in [-0.05, 0) is 104 Å². The molecule has 0 aliphatic heterocycles. The minimum Gasteiger partial charge on any atom is -0.465 e. The van der Waals surface area contributed by atoms with Crippen LogP contribution in [0, 0.1) is 50.2 Å². The molecule has 0 bridgehead atoms. The second kappa shape index (κ2) is 8.84. The van der Waals surface area contributed by atoms with Gasteiger partial charge in [-0.25, -0.2) is 0 Å². The van der Waals surface area contributed by atoms with Crippen LogP contribution in [0.15, 0.2) is 11.6 Å². The summed E-state index contributed by atoms with van der Waals surface area (Å²) in [5.74, 6) is 1.55. The molecule has 4 fully saturated rings. The molecule has 0 radical (unpaired) electrons. The SMILES string of the molecule is CC(=O)OC[C@]12CCC(C)(C)C=C1[C@H]1CC[C@@H]3[C@@]4(C)CC[C@H](OC(C)=O)C(C)(C)[C@@H]4CC[C@@]3(C)[C@]1(C)CC2. The Morgan fingerprint density at radius 2 is 1.45 bits per heavy atom. The van der Waals surface area contributed by atoms with E-state index in [9.17, 15) is 9.59 Å². The minimum atomic E-state index is -0.147. The third-order valence-electron chi connectivity index (χ3n) is 13.6. The van der Waals surface area contributed by atoms with E-state index in [4.69, 9.17) is 9.47 Å². The Kier molecular flexibility index (Phi) is 6.56. The molecular weight excluding hydrogens is 472 g/mol. The highest BCUT2D eigenvalue weighted by Crippen LogP contribution is 2.76. The van der Waals surface area contributed by atoms with Crippen molar-refractivity contribution < 1.29 is 19.1 Å². The van der Waals surface area contributed by atoms with E-state index in [2.05, 4.69) is 54.5 Å². The van der Waals surface area contributed by atoms with Crippen LogP contribution in [0.4, 0.5) is 0 Å². The fourth-order valence-electron chi connectivity index (χ4n) is 11.3. The van der Waals surface area contributed by atoms with Gasteiger partial charge in [-0.15, -0.1) is 0 Å². The maximum Gasteiger partial charge on any atom is 0.302 e. The third kappa shape index (κ3) is 3.96. The van der Waals surface area contributed by atoms with Crippen LogP contribution in [0.3, 0.4) is 0 Å². The molecule has 8 atom stereocenters. The summed E-state index contributed by atoms with van der Waals surface area (Å²) in [6, 6.07) is 0. The largest absolute Gasteiger partial charge is 0.465 e. The van der Waals surface area contributed by atoms with Crippen molar-refractivity contribution in [3.05, 3.63) is 11.6 Å². The average molecular weight is 527 g/mol. The molecule has 0 aromatic rings. The van der Waals surface area contributed by atoms with Crippen LogP contribution in [0.25, 0.3) is 0 Å². The molecule has 4 saturated carbocycles. The quantitative estimate of drug-likeness (QED) is 0.274. The molecule has 0 aromatic carbocycles. The molecule has 5 aliphatic carbocycles. The van der Waals surface area contributed by atoms with Crippen molar-refractivity contribution in [2.45, 2.75) is 133 Å². The van der Waals surface area contributed by atoms with E-state index in [-0.39, 0.29) is 50.5 Å². The molecular formula is C34H54O4. The number of carbonyl (C=O) groups excluding carboxylic acids is 2. The first kappa shape index (κ1) is 28.2. The fraction of sp³-hybridized carbons (Fsp3) is 0.882. The van der Waals surface area contributed by atoms with E-state index in [0.29, 0.717) is 24.4 Å². The van der Waals surface area contributed by atoms with Crippen LogP contribution in [0.2, 0.25) is 0 Å². The van der Waals surface area contributed by atoms with E-state index in [1.54, 1.807) is 19.4 Å². The van der Waals surface area contributed by atoms with Crippen molar-refractivity contribution in [2.24, 2.45) is 50.2 Å². The molecule has 0 spiro atoms. The summed E-state index contributed by atoms with van der Waals surface area (Å²) in [5.41, 5.74) is 2.66. The molecule has 38 heavy (non-hydrogen) atoms. The highest BCUT2D eigenvalue weighted by molar-refractivity contribution is 5.66. The molecule has 0 N–H and O–H groups in total. The molecule has 4 heteroatoms. The van der Waals surface area contributed by atoms with E-state index in [1.807, 2.05) is 0 Å². The Morgan fingerprint density at radius 3 is 2.11 bits per heavy atom. The van der Waals surface area contributed by atoms with E-state index < -0.39 is 0 Å². The predicted molar refractivity (Wildman–Crippen MR) is 151 cm³/mol. The molecule has 214 valence electrons. The number of allylic oxidation sites excluding steroid dienone is 1. The molecule has 0 amide bonds. The number of ether oxygens (including phenoxy) is 2. The number of fused-ring (bicyclic) bond motifs is 7. The third-order valence-corrected chi connectivity index (χ3v) is 13.6. The van der Waals surface area contributed by atoms with Gasteiger partial charge in [-0.3, -0.25) is 9.59 Å². The smallest absolute Gasteiger partial charge is 0.302 e. The van der Waals surface area contributed by atoms with Gasteiger partial charge in [-0.2, -0.15) is 0 Å².